The average molecular weight is 533 g/mol. The van der Waals surface area contributed by atoms with E-state index in [4.69, 9.17) is 25.9 Å². The molecule has 1 fully saturated rings. The molecule has 39 heavy (non-hydrogen) atoms. The third-order valence-electron chi connectivity index (χ3n) is 6.41. The van der Waals surface area contributed by atoms with Crippen molar-refractivity contribution >= 4 is 17.9 Å². The maximum absolute atomic E-state index is 13.0. The third kappa shape index (κ3) is 7.56. The first-order valence-corrected chi connectivity index (χ1v) is 12.6. The van der Waals surface area contributed by atoms with Crippen LogP contribution in [0.25, 0.3) is 0 Å². The number of rotatable bonds is 10. The minimum atomic E-state index is -1.16. The molecule has 1 aliphatic rings. The summed E-state index contributed by atoms with van der Waals surface area (Å²) in [5, 5.41) is 9.21. The first-order valence-electron chi connectivity index (χ1n) is 12.6. The summed E-state index contributed by atoms with van der Waals surface area (Å²) in [6.07, 6.45) is -1.22. The molecule has 10 heteroatoms. The van der Waals surface area contributed by atoms with E-state index < -0.39 is 24.3 Å². The van der Waals surface area contributed by atoms with Crippen molar-refractivity contribution in [2.24, 2.45) is 16.6 Å². The van der Waals surface area contributed by atoms with Crippen LogP contribution in [0.4, 0.5) is 4.79 Å². The second kappa shape index (κ2) is 13.4. The second-order valence-electron chi connectivity index (χ2n) is 9.14. The SMILES string of the molecule is NOC(COc1ccc(C(N)=N[C@@H]2CCCN(C(=O)O)C2)cc1)C(=O)OC(c1ccccc1)c1ccccc1. The molecule has 0 bridgehead atoms. The average Bonchev–Trinajstić information content (AvgIpc) is 2.97. The Hall–Kier alpha value is -4.41. The maximum Gasteiger partial charge on any atom is 0.407 e. The Morgan fingerprint density at radius 2 is 1.59 bits per heavy atom. The maximum atomic E-state index is 13.0. The van der Waals surface area contributed by atoms with Crippen LogP contribution in [0, 0.1) is 0 Å². The Bertz CT molecular complexity index is 1210. The molecule has 3 aromatic rings. The lowest BCUT2D eigenvalue weighted by Crippen LogP contribution is -2.41. The largest absolute Gasteiger partial charge is 0.490 e. The summed E-state index contributed by atoms with van der Waals surface area (Å²) in [4.78, 5) is 35.0. The number of carbonyl (C=O) groups is 2. The smallest absolute Gasteiger partial charge is 0.407 e. The van der Waals surface area contributed by atoms with Gasteiger partial charge in [0.15, 0.2) is 6.10 Å². The van der Waals surface area contributed by atoms with Gasteiger partial charge in [0, 0.05) is 18.7 Å². The van der Waals surface area contributed by atoms with Crippen molar-refractivity contribution in [3.05, 3.63) is 102 Å². The summed E-state index contributed by atoms with van der Waals surface area (Å²) in [6.45, 7) is 0.665. The van der Waals surface area contributed by atoms with Gasteiger partial charge in [-0.25, -0.2) is 15.5 Å². The second-order valence-corrected chi connectivity index (χ2v) is 9.14. The summed E-state index contributed by atoms with van der Waals surface area (Å²) in [5.41, 5.74) is 8.47. The number of benzene rings is 3. The Kier molecular flexibility index (Phi) is 9.49. The zero-order valence-electron chi connectivity index (χ0n) is 21.4. The number of likely N-dealkylation sites (tertiary alicyclic amines) is 1. The molecule has 0 saturated carbocycles. The van der Waals surface area contributed by atoms with E-state index in [1.807, 2.05) is 60.7 Å². The molecular formula is C29H32N4O6. The van der Waals surface area contributed by atoms with E-state index in [9.17, 15) is 14.7 Å². The zero-order chi connectivity index (χ0) is 27.6. The van der Waals surface area contributed by atoms with Crippen LogP contribution in [0.15, 0.2) is 89.9 Å². The third-order valence-corrected chi connectivity index (χ3v) is 6.41. The molecule has 4 rings (SSSR count). The Labute approximate surface area is 226 Å². The Morgan fingerprint density at radius 1 is 0.974 bits per heavy atom. The van der Waals surface area contributed by atoms with Crippen LogP contribution in [-0.4, -0.2) is 59.7 Å². The molecule has 1 unspecified atom stereocenters. The standard InChI is InChI=1S/C29H32N4O6/c30-27(32-23-12-7-17-33(18-23)29(35)36)22-13-15-24(16-14-22)37-19-25(39-31)28(34)38-26(20-8-3-1-4-9-20)21-10-5-2-6-11-21/h1-6,8-11,13-16,23,25-26H,7,12,17-19,31H2,(H2,30,32)(H,35,36)/t23-,25?/m1/s1. The number of aliphatic imine (C=N–C) groups is 1. The number of amides is 1. The number of carbonyl (C=O) groups excluding carboxylic acids is 1. The van der Waals surface area contributed by atoms with Gasteiger partial charge in [-0.15, -0.1) is 0 Å². The van der Waals surface area contributed by atoms with E-state index >= 15 is 0 Å². The molecule has 1 heterocycles. The number of ether oxygens (including phenoxy) is 2. The summed E-state index contributed by atoms with van der Waals surface area (Å²) >= 11 is 0. The van der Waals surface area contributed by atoms with Crippen molar-refractivity contribution < 1.29 is 29.0 Å². The predicted molar refractivity (Wildman–Crippen MR) is 145 cm³/mol. The van der Waals surface area contributed by atoms with Crippen molar-refractivity contribution in [2.45, 2.75) is 31.1 Å². The van der Waals surface area contributed by atoms with E-state index in [1.54, 1.807) is 24.3 Å². The fourth-order valence-corrected chi connectivity index (χ4v) is 4.34. The van der Waals surface area contributed by atoms with E-state index in [0.717, 1.165) is 24.0 Å². The van der Waals surface area contributed by atoms with Gasteiger partial charge >= 0.3 is 12.1 Å². The Morgan fingerprint density at radius 3 is 2.15 bits per heavy atom. The number of hydrogen-bond donors (Lipinski definition) is 3. The van der Waals surface area contributed by atoms with Gasteiger partial charge in [-0.3, -0.25) is 9.83 Å². The molecule has 0 radical (unpaired) electrons. The minimum Gasteiger partial charge on any atom is -0.490 e. The first-order chi connectivity index (χ1) is 18.9. The van der Waals surface area contributed by atoms with Crippen LogP contribution >= 0.6 is 0 Å². The van der Waals surface area contributed by atoms with Crippen LogP contribution in [0.1, 0.15) is 35.6 Å². The van der Waals surface area contributed by atoms with Crippen LogP contribution in [0.3, 0.4) is 0 Å². The summed E-state index contributed by atoms with van der Waals surface area (Å²) in [7, 11) is 0. The van der Waals surface area contributed by atoms with Crippen LogP contribution in [-0.2, 0) is 14.4 Å². The lowest BCUT2D eigenvalue weighted by molar-refractivity contribution is -0.163. The number of esters is 1. The first kappa shape index (κ1) is 27.6. The summed E-state index contributed by atoms with van der Waals surface area (Å²) in [6, 6.07) is 25.5. The van der Waals surface area contributed by atoms with Gasteiger partial charge in [0.2, 0.25) is 6.10 Å². The topological polar surface area (TPSA) is 150 Å². The fourth-order valence-electron chi connectivity index (χ4n) is 4.34. The van der Waals surface area contributed by atoms with Gasteiger partial charge < -0.3 is 25.2 Å². The predicted octanol–water partition coefficient (Wildman–Crippen LogP) is 3.50. The summed E-state index contributed by atoms with van der Waals surface area (Å²) in [5.74, 6) is 5.55. The van der Waals surface area contributed by atoms with E-state index in [-0.39, 0.29) is 12.6 Å². The molecule has 3 aromatic carbocycles. The van der Waals surface area contributed by atoms with E-state index in [0.29, 0.717) is 30.2 Å². The lowest BCUT2D eigenvalue weighted by Gasteiger charge is -2.28. The molecule has 1 aliphatic heterocycles. The number of carboxylic acid groups (broad SMARTS) is 1. The van der Waals surface area contributed by atoms with Crippen LogP contribution in [0.2, 0.25) is 0 Å². The number of piperidine rings is 1. The molecule has 1 amide bonds. The van der Waals surface area contributed by atoms with Crippen molar-refractivity contribution in [1.82, 2.24) is 4.90 Å². The normalized spacial score (nSPS) is 16.5. The van der Waals surface area contributed by atoms with E-state index in [1.165, 1.54) is 4.90 Å². The number of nitrogens with zero attached hydrogens (tertiary/aromatic N) is 2. The molecule has 2 atom stereocenters. The molecule has 0 aromatic heterocycles. The highest BCUT2D eigenvalue weighted by atomic mass is 16.7. The van der Waals surface area contributed by atoms with E-state index in [2.05, 4.69) is 4.99 Å². The van der Waals surface area contributed by atoms with Gasteiger partial charge in [-0.1, -0.05) is 60.7 Å². The van der Waals surface area contributed by atoms with Gasteiger partial charge in [0.25, 0.3) is 0 Å². The van der Waals surface area contributed by atoms with Gasteiger partial charge in [0.05, 0.1) is 6.04 Å². The highest BCUT2D eigenvalue weighted by molar-refractivity contribution is 5.97. The van der Waals surface area contributed by atoms with Crippen molar-refractivity contribution in [1.29, 1.82) is 0 Å². The monoisotopic (exact) mass is 532 g/mol. The quantitative estimate of drug-likeness (QED) is 0.155. The van der Waals surface area contributed by atoms with Crippen molar-refractivity contribution in [2.75, 3.05) is 19.7 Å². The Balaban J connectivity index is 1.36. The van der Waals surface area contributed by atoms with Gasteiger partial charge in [0.1, 0.15) is 18.2 Å². The van der Waals surface area contributed by atoms with Gasteiger partial charge in [-0.05, 0) is 48.2 Å². The minimum absolute atomic E-state index is 0.165. The van der Waals surface area contributed by atoms with Gasteiger partial charge in [-0.2, -0.15) is 0 Å². The number of nitrogens with two attached hydrogens (primary N) is 2. The van der Waals surface area contributed by atoms with Crippen molar-refractivity contribution in [3.8, 4) is 5.75 Å². The highest BCUT2D eigenvalue weighted by Crippen LogP contribution is 2.26. The molecule has 0 spiro atoms. The molecular weight excluding hydrogens is 500 g/mol. The zero-order valence-corrected chi connectivity index (χ0v) is 21.4. The van der Waals surface area contributed by atoms with Crippen LogP contribution < -0.4 is 16.4 Å². The molecule has 1 saturated heterocycles. The van der Waals surface area contributed by atoms with Crippen molar-refractivity contribution in [3.63, 3.8) is 0 Å². The molecule has 204 valence electrons. The highest BCUT2D eigenvalue weighted by Gasteiger charge is 2.27. The molecule has 5 N–H and O–H groups in total. The molecule has 10 nitrogen and oxygen atoms in total. The lowest BCUT2D eigenvalue weighted by atomic mass is 10.0. The molecule has 0 aliphatic carbocycles. The fraction of sp³-hybridized carbons (Fsp3) is 0.276. The number of amidine groups is 1. The summed E-state index contributed by atoms with van der Waals surface area (Å²) < 4.78 is 11.6. The number of hydrogen-bond acceptors (Lipinski definition) is 7. The van der Waals surface area contributed by atoms with Crippen LogP contribution in [0.5, 0.6) is 5.75 Å².